The second-order valence-corrected chi connectivity index (χ2v) is 5.63. The first-order chi connectivity index (χ1) is 8.89. The van der Waals surface area contributed by atoms with Gasteiger partial charge in [0.2, 0.25) is 0 Å². The van der Waals surface area contributed by atoms with Gasteiger partial charge in [0.15, 0.2) is 0 Å². The van der Waals surface area contributed by atoms with Crippen LogP contribution in [0.25, 0.3) is 0 Å². The summed E-state index contributed by atoms with van der Waals surface area (Å²) in [7, 11) is 0. The highest BCUT2D eigenvalue weighted by atomic mass is 35.5. The Morgan fingerprint density at radius 1 is 1.26 bits per heavy atom. The maximum Gasteiger partial charge on any atom is 0.137 e. The number of nitrogens with zero attached hydrogens (tertiary/aromatic N) is 2. The van der Waals surface area contributed by atoms with Gasteiger partial charge in [-0.1, -0.05) is 39.3 Å². The molecule has 1 heterocycles. The third-order valence-corrected chi connectivity index (χ3v) is 4.03. The maximum atomic E-state index is 9.64. The predicted molar refractivity (Wildman–Crippen MR) is 79.9 cm³/mol. The van der Waals surface area contributed by atoms with Gasteiger partial charge < -0.3 is 10.4 Å². The fraction of sp³-hybridized carbons (Fsp3) is 0.714. The van der Waals surface area contributed by atoms with Crippen LogP contribution in [0, 0.1) is 6.92 Å². The number of hydrogen-bond donors (Lipinski definition) is 2. The third kappa shape index (κ3) is 3.57. The van der Waals surface area contributed by atoms with Gasteiger partial charge in [0.1, 0.15) is 16.8 Å². The molecule has 0 aromatic carbocycles. The van der Waals surface area contributed by atoms with E-state index in [-0.39, 0.29) is 18.1 Å². The van der Waals surface area contributed by atoms with Gasteiger partial charge in [-0.05, 0) is 19.8 Å². The van der Waals surface area contributed by atoms with Crippen LogP contribution in [0.15, 0.2) is 0 Å². The SMILES string of the molecule is CCC(CC)(CO)Nc1nc(C(C)C)nc(Cl)c1C. The van der Waals surface area contributed by atoms with Crippen molar-refractivity contribution >= 4 is 17.4 Å². The van der Waals surface area contributed by atoms with E-state index in [0.29, 0.717) is 5.15 Å². The standard InChI is InChI=1S/C14H24ClN3O/c1-6-14(7-2,8-19)18-13-10(5)11(15)16-12(17-13)9(3)4/h9,19H,6-8H2,1-5H3,(H,16,17,18). The average molecular weight is 286 g/mol. The van der Waals surface area contributed by atoms with Gasteiger partial charge in [0.25, 0.3) is 0 Å². The Hall–Kier alpha value is -0.870. The van der Waals surface area contributed by atoms with Crippen LogP contribution in [0.2, 0.25) is 5.15 Å². The van der Waals surface area contributed by atoms with Crippen LogP contribution < -0.4 is 5.32 Å². The molecule has 4 nitrogen and oxygen atoms in total. The molecule has 0 atom stereocenters. The van der Waals surface area contributed by atoms with Crippen molar-refractivity contribution in [3.8, 4) is 0 Å². The molecule has 0 spiro atoms. The topological polar surface area (TPSA) is 58.0 Å². The summed E-state index contributed by atoms with van der Waals surface area (Å²) < 4.78 is 0. The molecule has 0 saturated heterocycles. The molecule has 1 rings (SSSR count). The second-order valence-electron chi connectivity index (χ2n) is 5.27. The Balaban J connectivity index is 3.19. The quantitative estimate of drug-likeness (QED) is 0.785. The fourth-order valence-electron chi connectivity index (χ4n) is 1.83. The summed E-state index contributed by atoms with van der Waals surface area (Å²) in [5, 5.41) is 13.5. The van der Waals surface area contributed by atoms with Crippen molar-refractivity contribution in [2.45, 2.75) is 58.9 Å². The third-order valence-electron chi connectivity index (χ3n) is 3.66. The predicted octanol–water partition coefficient (Wildman–Crippen LogP) is 3.52. The molecule has 2 N–H and O–H groups in total. The minimum atomic E-state index is -0.351. The molecule has 0 aliphatic rings. The molecule has 0 amide bonds. The van der Waals surface area contributed by atoms with Crippen LogP contribution in [0.4, 0.5) is 5.82 Å². The van der Waals surface area contributed by atoms with Crippen molar-refractivity contribution in [1.82, 2.24) is 9.97 Å². The summed E-state index contributed by atoms with van der Waals surface area (Å²) in [6.45, 7) is 10.1. The van der Waals surface area contributed by atoms with Crippen molar-refractivity contribution in [3.63, 3.8) is 0 Å². The van der Waals surface area contributed by atoms with Crippen LogP contribution >= 0.6 is 11.6 Å². The highest BCUT2D eigenvalue weighted by Crippen LogP contribution is 2.27. The minimum Gasteiger partial charge on any atom is -0.394 e. The lowest BCUT2D eigenvalue weighted by atomic mass is 9.93. The van der Waals surface area contributed by atoms with Crippen LogP contribution in [0.3, 0.4) is 0 Å². The van der Waals surface area contributed by atoms with Crippen LogP contribution in [-0.2, 0) is 0 Å². The van der Waals surface area contributed by atoms with Gasteiger partial charge in [0.05, 0.1) is 12.1 Å². The molecular weight excluding hydrogens is 262 g/mol. The summed E-state index contributed by atoms with van der Waals surface area (Å²) >= 11 is 6.17. The number of rotatable bonds is 6. The number of aliphatic hydroxyl groups is 1. The van der Waals surface area contributed by atoms with Gasteiger partial charge >= 0.3 is 0 Å². The van der Waals surface area contributed by atoms with Crippen molar-refractivity contribution in [1.29, 1.82) is 0 Å². The van der Waals surface area contributed by atoms with Crippen molar-refractivity contribution in [2.24, 2.45) is 0 Å². The van der Waals surface area contributed by atoms with Gasteiger partial charge in [-0.3, -0.25) is 0 Å². The first-order valence-electron chi connectivity index (χ1n) is 6.82. The summed E-state index contributed by atoms with van der Waals surface area (Å²) in [5.41, 5.74) is 0.474. The molecule has 0 fully saturated rings. The first-order valence-corrected chi connectivity index (χ1v) is 7.20. The molecule has 108 valence electrons. The summed E-state index contributed by atoms with van der Waals surface area (Å²) in [4.78, 5) is 8.84. The van der Waals surface area contributed by atoms with E-state index in [9.17, 15) is 5.11 Å². The van der Waals surface area contributed by atoms with E-state index in [4.69, 9.17) is 11.6 Å². The van der Waals surface area contributed by atoms with Gasteiger partial charge in [0, 0.05) is 11.5 Å². The average Bonchev–Trinajstić information content (AvgIpc) is 2.40. The Morgan fingerprint density at radius 3 is 2.26 bits per heavy atom. The van der Waals surface area contributed by atoms with Crippen LogP contribution in [0.1, 0.15) is 57.8 Å². The molecular formula is C14H24ClN3O. The van der Waals surface area contributed by atoms with Gasteiger partial charge in [-0.15, -0.1) is 0 Å². The minimum absolute atomic E-state index is 0.0675. The highest BCUT2D eigenvalue weighted by Gasteiger charge is 2.27. The molecule has 0 radical (unpaired) electrons. The van der Waals surface area contributed by atoms with E-state index in [1.54, 1.807) is 0 Å². The normalized spacial score (nSPS) is 12.0. The van der Waals surface area contributed by atoms with Crippen molar-refractivity contribution in [3.05, 3.63) is 16.5 Å². The van der Waals surface area contributed by atoms with Crippen LogP contribution in [-0.4, -0.2) is 27.2 Å². The Bertz CT molecular complexity index is 423. The van der Waals surface area contributed by atoms with E-state index < -0.39 is 0 Å². The summed E-state index contributed by atoms with van der Waals surface area (Å²) in [6.07, 6.45) is 1.64. The lowest BCUT2D eigenvalue weighted by molar-refractivity contribution is 0.202. The number of hydrogen-bond acceptors (Lipinski definition) is 4. The van der Waals surface area contributed by atoms with Crippen molar-refractivity contribution < 1.29 is 5.11 Å². The number of aliphatic hydroxyl groups excluding tert-OH is 1. The molecule has 0 aliphatic carbocycles. The monoisotopic (exact) mass is 285 g/mol. The molecule has 1 aromatic heterocycles. The molecule has 1 aromatic rings. The Morgan fingerprint density at radius 2 is 1.84 bits per heavy atom. The molecule has 19 heavy (non-hydrogen) atoms. The summed E-state index contributed by atoms with van der Waals surface area (Å²) in [5.74, 6) is 1.66. The lowest BCUT2D eigenvalue weighted by Gasteiger charge is -2.32. The number of nitrogens with one attached hydrogen (secondary N) is 1. The largest absolute Gasteiger partial charge is 0.394 e. The fourth-order valence-corrected chi connectivity index (χ4v) is 2.00. The number of aromatic nitrogens is 2. The second kappa shape index (κ2) is 6.53. The Kier molecular flexibility index (Phi) is 5.56. The molecule has 0 unspecified atom stereocenters. The molecule has 0 saturated carbocycles. The molecule has 0 bridgehead atoms. The summed E-state index contributed by atoms with van der Waals surface area (Å²) in [6, 6.07) is 0. The highest BCUT2D eigenvalue weighted by molar-refractivity contribution is 6.30. The molecule has 0 aliphatic heterocycles. The number of anilines is 1. The zero-order chi connectivity index (χ0) is 14.6. The smallest absolute Gasteiger partial charge is 0.137 e. The molecule has 5 heteroatoms. The zero-order valence-corrected chi connectivity index (χ0v) is 13.2. The maximum absolute atomic E-state index is 9.64. The lowest BCUT2D eigenvalue weighted by Crippen LogP contribution is -2.41. The zero-order valence-electron chi connectivity index (χ0n) is 12.4. The van der Waals surface area contributed by atoms with E-state index in [2.05, 4.69) is 15.3 Å². The van der Waals surface area contributed by atoms with E-state index >= 15 is 0 Å². The van der Waals surface area contributed by atoms with Crippen LogP contribution in [0.5, 0.6) is 0 Å². The van der Waals surface area contributed by atoms with E-state index in [0.717, 1.165) is 30.0 Å². The van der Waals surface area contributed by atoms with E-state index in [1.165, 1.54) is 0 Å². The van der Waals surface area contributed by atoms with Gasteiger partial charge in [-0.2, -0.15) is 0 Å². The number of halogens is 1. The Labute approximate surface area is 120 Å². The van der Waals surface area contributed by atoms with Crippen molar-refractivity contribution in [2.75, 3.05) is 11.9 Å². The van der Waals surface area contributed by atoms with E-state index in [1.807, 2.05) is 34.6 Å². The van der Waals surface area contributed by atoms with Gasteiger partial charge in [-0.25, -0.2) is 9.97 Å². The first kappa shape index (κ1) is 16.2.